The Labute approximate surface area is 228 Å². The standard InChI is InChI=1S/C28H37N7O4/c1-18-13-20(15-24-26(18)33-28(29-2)32-24)27(38)30-16-25(37)35-11-8-21(9-12-35)34(3)10-7-19-14-22(39-4)5-6-23(19)31-17-36/h5-6,13-15,17,21H,7-12,16H2,1-4H3,(H,30,38)(H,31,36)(H2,29,32,33). The van der Waals surface area contributed by atoms with Crippen molar-refractivity contribution in [3.63, 3.8) is 0 Å². The number of aromatic nitrogens is 2. The molecule has 4 rings (SSSR count). The van der Waals surface area contributed by atoms with Gasteiger partial charge in [0.15, 0.2) is 0 Å². The predicted octanol–water partition coefficient (Wildman–Crippen LogP) is 2.39. The Hall–Kier alpha value is -4.12. The fourth-order valence-electron chi connectivity index (χ4n) is 5.05. The molecule has 0 bridgehead atoms. The van der Waals surface area contributed by atoms with E-state index in [0.717, 1.165) is 59.4 Å². The topological polar surface area (TPSA) is 132 Å². The van der Waals surface area contributed by atoms with Gasteiger partial charge in [-0.3, -0.25) is 14.4 Å². The van der Waals surface area contributed by atoms with E-state index in [4.69, 9.17) is 4.74 Å². The molecule has 3 aromatic rings. The number of carbonyl (C=O) groups excluding carboxylic acids is 3. The highest BCUT2D eigenvalue weighted by atomic mass is 16.5. The lowest BCUT2D eigenvalue weighted by Crippen LogP contribution is -2.48. The van der Waals surface area contributed by atoms with Crippen LogP contribution in [0.5, 0.6) is 5.75 Å². The fourth-order valence-corrected chi connectivity index (χ4v) is 5.05. The monoisotopic (exact) mass is 535 g/mol. The zero-order chi connectivity index (χ0) is 27.9. The number of methoxy groups -OCH3 is 1. The number of H-pyrrole nitrogens is 1. The molecule has 11 heteroatoms. The van der Waals surface area contributed by atoms with Gasteiger partial charge in [-0.2, -0.15) is 0 Å². The lowest BCUT2D eigenvalue weighted by atomic mass is 10.0. The quantitative estimate of drug-likeness (QED) is 0.277. The predicted molar refractivity (Wildman–Crippen MR) is 151 cm³/mol. The summed E-state index contributed by atoms with van der Waals surface area (Å²) < 4.78 is 5.33. The number of piperidine rings is 1. The number of likely N-dealkylation sites (tertiary alicyclic amines) is 1. The number of imidazole rings is 1. The van der Waals surface area contributed by atoms with Crippen molar-refractivity contribution in [2.75, 3.05) is 58.0 Å². The van der Waals surface area contributed by atoms with Crippen LogP contribution in [0.1, 0.15) is 34.3 Å². The maximum atomic E-state index is 12.8. The van der Waals surface area contributed by atoms with Gasteiger partial charge in [-0.15, -0.1) is 0 Å². The minimum absolute atomic E-state index is 0.0382. The van der Waals surface area contributed by atoms with Crippen molar-refractivity contribution in [3.8, 4) is 5.75 Å². The molecular formula is C28H37N7O4. The summed E-state index contributed by atoms with van der Waals surface area (Å²) in [5.41, 5.74) is 4.74. The molecule has 1 fully saturated rings. The molecular weight excluding hydrogens is 498 g/mol. The highest BCUT2D eigenvalue weighted by Crippen LogP contribution is 2.24. The van der Waals surface area contributed by atoms with Crippen molar-refractivity contribution < 1.29 is 19.1 Å². The van der Waals surface area contributed by atoms with E-state index in [1.807, 2.05) is 30.0 Å². The van der Waals surface area contributed by atoms with Crippen LogP contribution in [0.15, 0.2) is 30.3 Å². The van der Waals surface area contributed by atoms with Gasteiger partial charge in [0.25, 0.3) is 5.91 Å². The van der Waals surface area contributed by atoms with Crippen LogP contribution >= 0.6 is 0 Å². The molecule has 4 N–H and O–H groups in total. The summed E-state index contributed by atoms with van der Waals surface area (Å²) in [5.74, 6) is 1.02. The number of nitrogens with zero attached hydrogens (tertiary/aromatic N) is 3. The largest absolute Gasteiger partial charge is 0.497 e. The van der Waals surface area contributed by atoms with Gasteiger partial charge < -0.3 is 35.5 Å². The third-order valence-electron chi connectivity index (χ3n) is 7.38. The highest BCUT2D eigenvalue weighted by molar-refractivity contribution is 6.00. The van der Waals surface area contributed by atoms with Gasteiger partial charge in [-0.25, -0.2) is 4.98 Å². The second-order valence-corrected chi connectivity index (χ2v) is 9.84. The average Bonchev–Trinajstić information content (AvgIpc) is 3.39. The molecule has 2 heterocycles. The van der Waals surface area contributed by atoms with Crippen LogP contribution in [0, 0.1) is 6.92 Å². The van der Waals surface area contributed by atoms with Crippen LogP contribution in [0.25, 0.3) is 11.0 Å². The SMILES string of the molecule is CNc1nc2c(C)cc(C(=O)NCC(=O)N3CCC(N(C)CCc4cc(OC)ccc4NC=O)CC3)cc2[nH]1. The number of nitrogens with one attached hydrogen (secondary N) is 4. The molecule has 1 aromatic heterocycles. The highest BCUT2D eigenvalue weighted by Gasteiger charge is 2.25. The Morgan fingerprint density at radius 1 is 1.23 bits per heavy atom. The Bertz CT molecular complexity index is 1330. The number of likely N-dealkylation sites (N-methyl/N-ethyl adjacent to an activating group) is 1. The summed E-state index contributed by atoms with van der Waals surface area (Å²) in [6.07, 6.45) is 3.16. The van der Waals surface area contributed by atoms with Gasteiger partial charge in [0.1, 0.15) is 5.75 Å². The first-order valence-electron chi connectivity index (χ1n) is 13.1. The van der Waals surface area contributed by atoms with E-state index in [1.54, 1.807) is 26.3 Å². The fraction of sp³-hybridized carbons (Fsp3) is 0.429. The van der Waals surface area contributed by atoms with E-state index in [9.17, 15) is 14.4 Å². The van der Waals surface area contributed by atoms with Crippen molar-refractivity contribution in [3.05, 3.63) is 47.0 Å². The minimum atomic E-state index is -0.287. The molecule has 1 aliphatic rings. The number of hydrogen-bond donors (Lipinski definition) is 4. The maximum Gasteiger partial charge on any atom is 0.251 e. The van der Waals surface area contributed by atoms with E-state index >= 15 is 0 Å². The normalized spacial score (nSPS) is 13.9. The summed E-state index contributed by atoms with van der Waals surface area (Å²) in [5, 5.41) is 8.50. The molecule has 3 amide bonds. The second-order valence-electron chi connectivity index (χ2n) is 9.84. The minimum Gasteiger partial charge on any atom is -0.497 e. The molecule has 208 valence electrons. The number of hydrogen-bond acceptors (Lipinski definition) is 7. The second kappa shape index (κ2) is 12.6. The summed E-state index contributed by atoms with van der Waals surface area (Å²) in [4.78, 5) is 48.3. The molecule has 0 saturated carbocycles. The lowest BCUT2D eigenvalue weighted by molar-refractivity contribution is -0.131. The number of amides is 3. The van der Waals surface area contributed by atoms with E-state index in [0.29, 0.717) is 37.1 Å². The molecule has 0 radical (unpaired) electrons. The molecule has 0 spiro atoms. The number of carbonyl (C=O) groups is 3. The first kappa shape index (κ1) is 27.9. The van der Waals surface area contributed by atoms with Crippen LogP contribution in [-0.4, -0.2) is 91.4 Å². The number of aromatic amines is 1. The third-order valence-corrected chi connectivity index (χ3v) is 7.38. The molecule has 0 aliphatic carbocycles. The zero-order valence-electron chi connectivity index (χ0n) is 23.0. The van der Waals surface area contributed by atoms with E-state index in [-0.39, 0.29) is 18.4 Å². The van der Waals surface area contributed by atoms with E-state index in [1.165, 1.54) is 0 Å². The Morgan fingerprint density at radius 3 is 2.69 bits per heavy atom. The van der Waals surface area contributed by atoms with Gasteiger partial charge in [0.2, 0.25) is 18.3 Å². The summed E-state index contributed by atoms with van der Waals surface area (Å²) in [6, 6.07) is 9.51. The number of aryl methyl sites for hydroxylation is 1. The number of fused-ring (bicyclic) bond motifs is 1. The van der Waals surface area contributed by atoms with Crippen molar-refractivity contribution in [1.82, 2.24) is 25.1 Å². The lowest BCUT2D eigenvalue weighted by Gasteiger charge is -2.37. The number of anilines is 2. The summed E-state index contributed by atoms with van der Waals surface area (Å²) in [6.45, 7) is 3.97. The zero-order valence-corrected chi connectivity index (χ0v) is 23.0. The van der Waals surface area contributed by atoms with Crippen molar-refractivity contribution >= 4 is 40.9 Å². The van der Waals surface area contributed by atoms with Gasteiger partial charge >= 0.3 is 0 Å². The molecule has 39 heavy (non-hydrogen) atoms. The van der Waals surface area contributed by atoms with Crippen molar-refractivity contribution in [2.24, 2.45) is 0 Å². The van der Waals surface area contributed by atoms with Gasteiger partial charge in [-0.05, 0) is 74.7 Å². The molecule has 0 atom stereocenters. The Balaban J connectivity index is 1.25. The first-order valence-corrected chi connectivity index (χ1v) is 13.1. The molecule has 11 nitrogen and oxygen atoms in total. The van der Waals surface area contributed by atoms with Crippen molar-refractivity contribution in [2.45, 2.75) is 32.2 Å². The Kier molecular flexibility index (Phi) is 9.03. The average molecular weight is 536 g/mol. The van der Waals surface area contributed by atoms with Crippen LogP contribution < -0.4 is 20.7 Å². The Morgan fingerprint density at radius 2 is 2.00 bits per heavy atom. The summed E-state index contributed by atoms with van der Waals surface area (Å²) >= 11 is 0. The number of rotatable bonds is 11. The van der Waals surface area contributed by atoms with Gasteiger partial charge in [0, 0.05) is 44.0 Å². The van der Waals surface area contributed by atoms with Gasteiger partial charge in [-0.1, -0.05) is 0 Å². The smallest absolute Gasteiger partial charge is 0.251 e. The molecule has 1 aliphatic heterocycles. The molecule has 0 unspecified atom stereocenters. The van der Waals surface area contributed by atoms with Crippen LogP contribution in [0.4, 0.5) is 11.6 Å². The van der Waals surface area contributed by atoms with Crippen LogP contribution in [-0.2, 0) is 16.0 Å². The maximum absolute atomic E-state index is 12.8. The third kappa shape index (κ3) is 6.66. The van der Waals surface area contributed by atoms with Crippen LogP contribution in [0.3, 0.4) is 0 Å². The van der Waals surface area contributed by atoms with Crippen LogP contribution in [0.2, 0.25) is 0 Å². The summed E-state index contributed by atoms with van der Waals surface area (Å²) in [7, 11) is 5.49. The van der Waals surface area contributed by atoms with Gasteiger partial charge in [0.05, 0.1) is 24.7 Å². The van der Waals surface area contributed by atoms with Crippen molar-refractivity contribution in [1.29, 1.82) is 0 Å². The number of benzene rings is 2. The molecule has 2 aromatic carbocycles. The van der Waals surface area contributed by atoms with E-state index < -0.39 is 0 Å². The molecule has 1 saturated heterocycles. The first-order chi connectivity index (χ1) is 18.8. The van der Waals surface area contributed by atoms with E-state index in [2.05, 4.69) is 37.9 Å². The number of ether oxygens (including phenoxy) is 1.